The summed E-state index contributed by atoms with van der Waals surface area (Å²) in [4.78, 5) is 14.1. The number of rotatable bonds is 4. The molecule has 5 aliphatic rings. The molecule has 0 atom stereocenters. The van der Waals surface area contributed by atoms with Gasteiger partial charge in [0, 0.05) is 44.3 Å². The summed E-state index contributed by atoms with van der Waals surface area (Å²) >= 11 is 0. The van der Waals surface area contributed by atoms with E-state index in [0.717, 1.165) is 30.8 Å². The van der Waals surface area contributed by atoms with Crippen LogP contribution in [0.4, 0.5) is 5.69 Å². The largest absolute Gasteiger partial charge is 0.326 e. The first kappa shape index (κ1) is 19.5. The van der Waals surface area contributed by atoms with E-state index in [0.29, 0.717) is 29.2 Å². The predicted octanol–water partition coefficient (Wildman–Crippen LogP) is 2.92. The van der Waals surface area contributed by atoms with E-state index >= 15 is 0 Å². The van der Waals surface area contributed by atoms with Crippen LogP contribution in [-0.4, -0.2) is 55.2 Å². The third-order valence-electron chi connectivity index (χ3n) is 7.73. The molecule has 158 valence electrons. The van der Waals surface area contributed by atoms with Crippen molar-refractivity contribution in [2.24, 2.45) is 17.8 Å². The summed E-state index contributed by atoms with van der Waals surface area (Å²) in [5, 5.41) is 2.68. The van der Waals surface area contributed by atoms with Crippen LogP contribution >= 0.6 is 0 Å². The van der Waals surface area contributed by atoms with E-state index in [4.69, 9.17) is 0 Å². The average Bonchev–Trinajstić information content (AvgIpc) is 2.67. The Morgan fingerprint density at radius 2 is 1.45 bits per heavy atom. The second kappa shape index (κ2) is 7.06. The molecule has 1 aliphatic heterocycles. The van der Waals surface area contributed by atoms with Crippen molar-refractivity contribution in [2.75, 3.05) is 31.5 Å². The fraction of sp³-hybridized carbons (Fsp3) is 0.682. The van der Waals surface area contributed by atoms with Crippen LogP contribution in [0.1, 0.15) is 45.4 Å². The Bertz CT molecular complexity index is 853. The normalized spacial score (nSPS) is 35.0. The number of amides is 1. The maximum absolute atomic E-state index is 13.1. The van der Waals surface area contributed by atoms with Gasteiger partial charge in [-0.25, -0.2) is 8.42 Å². The van der Waals surface area contributed by atoms with Crippen molar-refractivity contribution >= 4 is 21.6 Å². The first-order chi connectivity index (χ1) is 13.8. The van der Waals surface area contributed by atoms with E-state index in [2.05, 4.69) is 10.2 Å². The topological polar surface area (TPSA) is 69.7 Å². The predicted molar refractivity (Wildman–Crippen MR) is 112 cm³/mol. The van der Waals surface area contributed by atoms with E-state index in [1.54, 1.807) is 28.6 Å². The highest BCUT2D eigenvalue weighted by Crippen LogP contribution is 2.57. The number of piperazine rings is 1. The van der Waals surface area contributed by atoms with Crippen LogP contribution in [0.25, 0.3) is 0 Å². The summed E-state index contributed by atoms with van der Waals surface area (Å²) in [5.41, 5.74) is 0.966. The highest BCUT2D eigenvalue weighted by molar-refractivity contribution is 7.89. The van der Waals surface area contributed by atoms with Crippen molar-refractivity contribution in [3.63, 3.8) is 0 Å². The van der Waals surface area contributed by atoms with Crippen LogP contribution in [0.3, 0.4) is 0 Å². The van der Waals surface area contributed by atoms with Crippen molar-refractivity contribution in [2.45, 2.75) is 55.9 Å². The summed E-state index contributed by atoms with van der Waals surface area (Å²) in [6.07, 6.45) is 8.29. The molecule has 1 aromatic rings. The zero-order chi connectivity index (χ0) is 20.2. The summed E-state index contributed by atoms with van der Waals surface area (Å²) < 4.78 is 27.8. The number of carbonyl (C=O) groups excluding carboxylic acids is 1. The molecule has 0 aromatic heterocycles. The van der Waals surface area contributed by atoms with Crippen molar-refractivity contribution in [1.82, 2.24) is 9.21 Å². The standard InChI is InChI=1S/C22H31N3O3S/c1-16(26)23-20-2-4-21(5-3-20)29(27,28)25-8-6-24(7-9-25)22-13-17-10-18(14-22)12-19(11-17)15-22/h2-5,17-19H,6-15H2,1H3,(H,23,26). The van der Waals surface area contributed by atoms with Gasteiger partial charge in [0.05, 0.1) is 4.90 Å². The lowest BCUT2D eigenvalue weighted by Gasteiger charge is -2.61. The van der Waals surface area contributed by atoms with E-state index < -0.39 is 10.0 Å². The Hall–Kier alpha value is -1.44. The molecule has 0 spiro atoms. The minimum atomic E-state index is -3.49. The summed E-state index contributed by atoms with van der Waals surface area (Å²) in [6, 6.07) is 6.48. The monoisotopic (exact) mass is 417 g/mol. The molecule has 29 heavy (non-hydrogen) atoms. The highest BCUT2D eigenvalue weighted by Gasteiger charge is 2.53. The number of sulfonamides is 1. The lowest BCUT2D eigenvalue weighted by Crippen LogP contribution is -2.64. The molecule has 4 saturated carbocycles. The highest BCUT2D eigenvalue weighted by atomic mass is 32.2. The molecule has 5 fully saturated rings. The molecule has 6 nitrogen and oxygen atoms in total. The molecular weight excluding hydrogens is 386 g/mol. The SMILES string of the molecule is CC(=O)Nc1ccc(S(=O)(=O)N2CCN(C34CC5CC(CC(C5)C3)C4)CC2)cc1. The van der Waals surface area contributed by atoms with Gasteiger partial charge in [0.25, 0.3) is 0 Å². The third-order valence-corrected chi connectivity index (χ3v) is 9.64. The molecule has 1 heterocycles. The second-order valence-corrected chi connectivity index (χ2v) is 11.7. The summed E-state index contributed by atoms with van der Waals surface area (Å²) in [5.74, 6) is 2.56. The lowest BCUT2D eigenvalue weighted by atomic mass is 9.52. The minimum Gasteiger partial charge on any atom is -0.326 e. The zero-order valence-electron chi connectivity index (χ0n) is 17.1. The van der Waals surface area contributed by atoms with Crippen LogP contribution in [0, 0.1) is 17.8 Å². The van der Waals surface area contributed by atoms with Crippen LogP contribution in [-0.2, 0) is 14.8 Å². The maximum atomic E-state index is 13.1. The van der Waals surface area contributed by atoms with E-state index in [1.165, 1.54) is 45.4 Å². The van der Waals surface area contributed by atoms with Crippen LogP contribution in [0.2, 0.25) is 0 Å². The Kier molecular flexibility index (Phi) is 4.76. The molecule has 4 aliphatic carbocycles. The first-order valence-corrected chi connectivity index (χ1v) is 12.4. The molecule has 7 heteroatoms. The van der Waals surface area contributed by atoms with Gasteiger partial charge in [0.1, 0.15) is 0 Å². The van der Waals surface area contributed by atoms with E-state index in [-0.39, 0.29) is 5.91 Å². The van der Waals surface area contributed by atoms with Gasteiger partial charge in [0.15, 0.2) is 0 Å². The number of carbonyl (C=O) groups is 1. The smallest absolute Gasteiger partial charge is 0.243 e. The van der Waals surface area contributed by atoms with Crippen LogP contribution in [0.15, 0.2) is 29.2 Å². The molecule has 1 N–H and O–H groups in total. The lowest BCUT2D eigenvalue weighted by molar-refractivity contribution is -0.114. The number of nitrogens with one attached hydrogen (secondary N) is 1. The average molecular weight is 418 g/mol. The molecule has 6 rings (SSSR count). The Labute approximate surface area is 173 Å². The molecular formula is C22H31N3O3S. The van der Waals surface area contributed by atoms with Gasteiger partial charge in [-0.2, -0.15) is 4.31 Å². The maximum Gasteiger partial charge on any atom is 0.243 e. The van der Waals surface area contributed by atoms with Crippen LogP contribution in [0.5, 0.6) is 0 Å². The van der Waals surface area contributed by atoms with Gasteiger partial charge < -0.3 is 5.32 Å². The molecule has 1 aromatic carbocycles. The third kappa shape index (κ3) is 3.51. The molecule has 1 amide bonds. The Morgan fingerprint density at radius 3 is 1.93 bits per heavy atom. The van der Waals surface area contributed by atoms with Crippen LogP contribution < -0.4 is 5.32 Å². The van der Waals surface area contributed by atoms with Crippen molar-refractivity contribution < 1.29 is 13.2 Å². The van der Waals surface area contributed by atoms with Gasteiger partial charge in [-0.05, 0) is 80.5 Å². The van der Waals surface area contributed by atoms with Gasteiger partial charge in [-0.15, -0.1) is 0 Å². The fourth-order valence-electron chi connectivity index (χ4n) is 6.92. The van der Waals surface area contributed by atoms with Gasteiger partial charge >= 0.3 is 0 Å². The molecule has 4 bridgehead atoms. The first-order valence-electron chi connectivity index (χ1n) is 11.0. The number of hydrogen-bond donors (Lipinski definition) is 1. The van der Waals surface area contributed by atoms with Crippen molar-refractivity contribution in [3.8, 4) is 0 Å². The Morgan fingerprint density at radius 1 is 0.931 bits per heavy atom. The minimum absolute atomic E-state index is 0.165. The van der Waals surface area contributed by atoms with E-state index in [1.807, 2.05) is 0 Å². The number of benzene rings is 1. The number of hydrogen-bond acceptors (Lipinski definition) is 4. The second-order valence-electron chi connectivity index (χ2n) is 9.74. The number of nitrogens with zero attached hydrogens (tertiary/aromatic N) is 2. The van der Waals surface area contributed by atoms with Gasteiger partial charge in [-0.1, -0.05) is 0 Å². The summed E-state index contributed by atoms with van der Waals surface area (Å²) in [7, 11) is -3.49. The fourth-order valence-corrected chi connectivity index (χ4v) is 8.34. The Balaban J connectivity index is 1.26. The van der Waals surface area contributed by atoms with Crippen molar-refractivity contribution in [3.05, 3.63) is 24.3 Å². The van der Waals surface area contributed by atoms with Crippen molar-refractivity contribution in [1.29, 1.82) is 0 Å². The molecule has 0 radical (unpaired) electrons. The quantitative estimate of drug-likeness (QED) is 0.818. The summed E-state index contributed by atoms with van der Waals surface area (Å²) in [6.45, 7) is 4.26. The van der Waals surface area contributed by atoms with Gasteiger partial charge in [0.2, 0.25) is 15.9 Å². The number of anilines is 1. The van der Waals surface area contributed by atoms with Gasteiger partial charge in [-0.3, -0.25) is 9.69 Å². The zero-order valence-corrected chi connectivity index (χ0v) is 18.0. The molecule has 0 unspecified atom stereocenters. The molecule has 1 saturated heterocycles. The van der Waals surface area contributed by atoms with E-state index in [9.17, 15) is 13.2 Å².